The Morgan fingerprint density at radius 3 is 3.04 bits per heavy atom. The maximum absolute atomic E-state index is 12.2. The van der Waals surface area contributed by atoms with E-state index < -0.39 is 0 Å². The Morgan fingerprint density at radius 1 is 1.42 bits per heavy atom. The predicted octanol–water partition coefficient (Wildman–Crippen LogP) is 0.242. The quantitative estimate of drug-likeness (QED) is 0.692. The Kier molecular flexibility index (Phi) is 6.00. The van der Waals surface area contributed by atoms with E-state index in [0.717, 1.165) is 32.5 Å². The van der Waals surface area contributed by atoms with Gasteiger partial charge in [0.25, 0.3) is 5.56 Å². The van der Waals surface area contributed by atoms with E-state index in [2.05, 4.69) is 20.0 Å². The summed E-state index contributed by atoms with van der Waals surface area (Å²) in [4.78, 5) is 24.9. The Labute approximate surface area is 152 Å². The highest BCUT2D eigenvalue weighted by Crippen LogP contribution is 2.10. The van der Waals surface area contributed by atoms with Gasteiger partial charge in [-0.15, -0.1) is 0 Å². The number of hydrogen-bond acceptors (Lipinski definition) is 8. The van der Waals surface area contributed by atoms with Gasteiger partial charge in [0.2, 0.25) is 5.89 Å². The summed E-state index contributed by atoms with van der Waals surface area (Å²) >= 11 is 0. The van der Waals surface area contributed by atoms with Crippen LogP contribution < -0.4 is 10.5 Å². The van der Waals surface area contributed by atoms with Crippen molar-refractivity contribution >= 4 is 5.82 Å². The van der Waals surface area contributed by atoms with Crippen molar-refractivity contribution in [2.75, 3.05) is 44.7 Å². The number of aromatic nitrogens is 4. The molecule has 3 heterocycles. The van der Waals surface area contributed by atoms with Crippen molar-refractivity contribution in [3.63, 3.8) is 0 Å². The second-order valence-electron chi connectivity index (χ2n) is 6.68. The van der Waals surface area contributed by atoms with Crippen LogP contribution in [0.3, 0.4) is 0 Å². The Bertz CT molecular complexity index is 774. The molecule has 0 amide bonds. The normalized spacial score (nSPS) is 18.2. The zero-order valence-corrected chi connectivity index (χ0v) is 15.6. The lowest BCUT2D eigenvalue weighted by Crippen LogP contribution is -2.48. The highest BCUT2D eigenvalue weighted by molar-refractivity contribution is 5.34. The Morgan fingerprint density at radius 2 is 2.27 bits per heavy atom. The van der Waals surface area contributed by atoms with Gasteiger partial charge >= 0.3 is 0 Å². The summed E-state index contributed by atoms with van der Waals surface area (Å²) in [5, 5.41) is 3.81. The molecule has 0 radical (unpaired) electrons. The largest absolute Gasteiger partial charge is 0.374 e. The summed E-state index contributed by atoms with van der Waals surface area (Å²) in [7, 11) is 3.61. The van der Waals surface area contributed by atoms with Crippen molar-refractivity contribution < 1.29 is 9.26 Å². The van der Waals surface area contributed by atoms with E-state index in [9.17, 15) is 4.79 Å². The molecule has 0 aliphatic carbocycles. The topological polar surface area (TPSA) is 89.5 Å². The van der Waals surface area contributed by atoms with E-state index >= 15 is 0 Å². The van der Waals surface area contributed by atoms with Crippen LogP contribution in [0.15, 0.2) is 21.7 Å². The first-order chi connectivity index (χ1) is 12.5. The second kappa shape index (κ2) is 8.41. The van der Waals surface area contributed by atoms with E-state index in [1.165, 1.54) is 4.57 Å². The Hall–Kier alpha value is -2.26. The van der Waals surface area contributed by atoms with Gasteiger partial charge in [-0.25, -0.2) is 4.98 Å². The van der Waals surface area contributed by atoms with Crippen molar-refractivity contribution in [3.8, 4) is 0 Å². The molecule has 26 heavy (non-hydrogen) atoms. The summed E-state index contributed by atoms with van der Waals surface area (Å²) in [6.45, 7) is 5.85. The maximum atomic E-state index is 12.2. The summed E-state index contributed by atoms with van der Waals surface area (Å²) in [5.41, 5.74) is -0.0995. The average molecular weight is 362 g/mol. The van der Waals surface area contributed by atoms with Gasteiger partial charge in [0.05, 0.1) is 12.7 Å². The van der Waals surface area contributed by atoms with Crippen molar-refractivity contribution in [3.05, 3.63) is 34.5 Å². The van der Waals surface area contributed by atoms with Gasteiger partial charge in [-0.2, -0.15) is 4.98 Å². The fourth-order valence-corrected chi connectivity index (χ4v) is 3.13. The van der Waals surface area contributed by atoms with Crippen molar-refractivity contribution in [2.45, 2.75) is 25.9 Å². The maximum Gasteiger partial charge on any atom is 0.293 e. The van der Waals surface area contributed by atoms with E-state index in [4.69, 9.17) is 9.26 Å². The molecule has 3 rings (SSSR count). The van der Waals surface area contributed by atoms with Crippen LogP contribution in [0, 0.1) is 6.92 Å². The van der Waals surface area contributed by atoms with Crippen LogP contribution in [0.4, 0.5) is 5.82 Å². The average Bonchev–Trinajstić information content (AvgIpc) is 3.03. The lowest BCUT2D eigenvalue weighted by Gasteiger charge is -2.34. The van der Waals surface area contributed by atoms with Crippen LogP contribution in [0.1, 0.15) is 18.1 Å². The summed E-state index contributed by atoms with van der Waals surface area (Å²) in [6, 6.07) is 0. The number of likely N-dealkylation sites (N-methyl/N-ethyl adjacent to an activating group) is 1. The van der Waals surface area contributed by atoms with E-state index in [0.29, 0.717) is 30.7 Å². The summed E-state index contributed by atoms with van der Waals surface area (Å²) in [5.74, 6) is 1.82. The molecule has 1 saturated heterocycles. The first-order valence-corrected chi connectivity index (χ1v) is 8.89. The van der Waals surface area contributed by atoms with Gasteiger partial charge in [-0.3, -0.25) is 9.69 Å². The van der Waals surface area contributed by atoms with Gasteiger partial charge in [-0.1, -0.05) is 5.16 Å². The first-order valence-electron chi connectivity index (χ1n) is 8.89. The summed E-state index contributed by atoms with van der Waals surface area (Å²) in [6.07, 6.45) is 5.09. The number of morpholine rings is 1. The van der Waals surface area contributed by atoms with Gasteiger partial charge in [0.15, 0.2) is 11.6 Å². The molecule has 142 valence electrons. The fourth-order valence-electron chi connectivity index (χ4n) is 3.13. The number of rotatable bonds is 7. The fraction of sp³-hybridized carbons (Fsp3) is 0.647. The molecule has 1 aliphatic rings. The third-order valence-electron chi connectivity index (χ3n) is 4.50. The highest BCUT2D eigenvalue weighted by atomic mass is 16.5. The van der Waals surface area contributed by atoms with Crippen LogP contribution in [-0.2, 0) is 18.2 Å². The van der Waals surface area contributed by atoms with Crippen molar-refractivity contribution in [1.82, 2.24) is 24.6 Å². The SMILES string of the molecule is Cc1noc(CCCN2CCO[C@@H](CN(C)c3nccn(C)c3=O)C2)n1. The van der Waals surface area contributed by atoms with Crippen molar-refractivity contribution in [2.24, 2.45) is 7.05 Å². The lowest BCUT2D eigenvalue weighted by molar-refractivity contribution is -0.0238. The van der Waals surface area contributed by atoms with E-state index in [1.807, 2.05) is 18.9 Å². The molecule has 1 fully saturated rings. The zero-order chi connectivity index (χ0) is 18.5. The zero-order valence-electron chi connectivity index (χ0n) is 15.6. The van der Waals surface area contributed by atoms with Crippen LogP contribution in [0.2, 0.25) is 0 Å². The minimum Gasteiger partial charge on any atom is -0.374 e. The molecule has 0 aromatic carbocycles. The number of nitrogens with zero attached hydrogens (tertiary/aromatic N) is 6. The van der Waals surface area contributed by atoms with Crippen LogP contribution >= 0.6 is 0 Å². The molecule has 2 aromatic heterocycles. The lowest BCUT2D eigenvalue weighted by atomic mass is 10.2. The molecule has 0 unspecified atom stereocenters. The van der Waals surface area contributed by atoms with Gasteiger partial charge in [0.1, 0.15) is 0 Å². The third kappa shape index (κ3) is 4.67. The minimum absolute atomic E-state index is 0.0473. The molecular weight excluding hydrogens is 336 g/mol. The molecular formula is C17H26N6O3. The van der Waals surface area contributed by atoms with Crippen LogP contribution in [0.25, 0.3) is 0 Å². The highest BCUT2D eigenvalue weighted by Gasteiger charge is 2.23. The molecule has 0 N–H and O–H groups in total. The molecule has 1 aliphatic heterocycles. The first kappa shape index (κ1) is 18.5. The standard InChI is InChI=1S/C17H26N6O3/c1-13-19-15(26-20-13)5-4-7-23-9-10-25-14(12-23)11-22(3)16-17(24)21(2)8-6-18-16/h6,8,14H,4-5,7,9-12H2,1-3H3/t14-/m0/s1. The predicted molar refractivity (Wildman–Crippen MR) is 96.3 cm³/mol. The minimum atomic E-state index is -0.0995. The summed E-state index contributed by atoms with van der Waals surface area (Å²) < 4.78 is 12.6. The molecule has 0 saturated carbocycles. The van der Waals surface area contributed by atoms with E-state index in [-0.39, 0.29) is 11.7 Å². The molecule has 1 atom stereocenters. The molecule has 0 bridgehead atoms. The van der Waals surface area contributed by atoms with Gasteiger partial charge < -0.3 is 18.7 Å². The molecule has 2 aromatic rings. The smallest absolute Gasteiger partial charge is 0.293 e. The number of hydrogen-bond donors (Lipinski definition) is 0. The van der Waals surface area contributed by atoms with E-state index in [1.54, 1.807) is 19.4 Å². The second-order valence-corrected chi connectivity index (χ2v) is 6.68. The van der Waals surface area contributed by atoms with Crippen molar-refractivity contribution in [1.29, 1.82) is 0 Å². The van der Waals surface area contributed by atoms with Crippen LogP contribution in [-0.4, -0.2) is 70.5 Å². The molecule has 9 nitrogen and oxygen atoms in total. The van der Waals surface area contributed by atoms with Gasteiger partial charge in [0, 0.05) is 52.5 Å². The molecule has 9 heteroatoms. The third-order valence-corrected chi connectivity index (χ3v) is 4.50. The van der Waals surface area contributed by atoms with Gasteiger partial charge in [-0.05, 0) is 19.9 Å². The number of anilines is 1. The number of aryl methyl sites for hydroxylation is 3. The monoisotopic (exact) mass is 362 g/mol. The molecule has 0 spiro atoms. The Balaban J connectivity index is 1.48. The number of ether oxygens (including phenoxy) is 1. The van der Waals surface area contributed by atoms with Crippen LogP contribution in [0.5, 0.6) is 0 Å².